The number of nitrogens with zero attached hydrogens (tertiary/aromatic N) is 3. The first-order valence-corrected chi connectivity index (χ1v) is 12.9. The number of halogens is 1. The van der Waals surface area contributed by atoms with E-state index in [1.807, 2.05) is 12.1 Å². The lowest BCUT2D eigenvalue weighted by atomic mass is 9.96. The van der Waals surface area contributed by atoms with Crippen LogP contribution < -0.4 is 10.6 Å². The van der Waals surface area contributed by atoms with Gasteiger partial charge in [-0.1, -0.05) is 60.7 Å². The number of piperazine rings is 1. The van der Waals surface area contributed by atoms with E-state index in [0.29, 0.717) is 29.6 Å². The molecule has 0 aliphatic carbocycles. The normalized spacial score (nSPS) is 13.9. The number of anilines is 2. The molecule has 5 rings (SSSR count). The number of thiazole rings is 1. The van der Waals surface area contributed by atoms with Crippen molar-refractivity contribution in [1.29, 1.82) is 0 Å². The van der Waals surface area contributed by atoms with Crippen LogP contribution in [0.5, 0.6) is 0 Å². The van der Waals surface area contributed by atoms with Crippen LogP contribution in [0.4, 0.5) is 20.0 Å². The molecule has 3 amide bonds. The molecule has 3 aromatic carbocycles. The molecule has 1 aromatic heterocycles. The van der Waals surface area contributed by atoms with Crippen LogP contribution in [0.1, 0.15) is 27.7 Å². The van der Waals surface area contributed by atoms with Crippen molar-refractivity contribution in [2.24, 2.45) is 0 Å². The van der Waals surface area contributed by atoms with E-state index >= 15 is 0 Å². The number of hydrogen-bond acceptors (Lipinski definition) is 5. The maximum atomic E-state index is 13.1. The van der Waals surface area contributed by atoms with Crippen LogP contribution in [0.25, 0.3) is 0 Å². The molecule has 1 fully saturated rings. The summed E-state index contributed by atoms with van der Waals surface area (Å²) in [5.41, 5.74) is 3.21. The molecule has 2 heterocycles. The monoisotopic (exact) mass is 515 g/mol. The van der Waals surface area contributed by atoms with Crippen LogP contribution in [0.3, 0.4) is 0 Å². The Morgan fingerprint density at radius 1 is 0.811 bits per heavy atom. The van der Waals surface area contributed by atoms with Crippen LogP contribution in [-0.4, -0.2) is 52.9 Å². The van der Waals surface area contributed by atoms with Gasteiger partial charge in [0, 0.05) is 37.2 Å². The first-order chi connectivity index (χ1) is 18.1. The van der Waals surface area contributed by atoms with Crippen LogP contribution in [-0.2, 0) is 0 Å². The average molecular weight is 516 g/mol. The Labute approximate surface area is 218 Å². The van der Waals surface area contributed by atoms with Crippen molar-refractivity contribution in [1.82, 2.24) is 14.8 Å². The highest BCUT2D eigenvalue weighted by atomic mass is 32.1. The van der Waals surface area contributed by atoms with Gasteiger partial charge >= 0.3 is 6.03 Å². The Morgan fingerprint density at radius 2 is 1.41 bits per heavy atom. The van der Waals surface area contributed by atoms with Crippen LogP contribution in [0.2, 0.25) is 0 Å². The molecule has 9 heteroatoms. The van der Waals surface area contributed by atoms with Crippen LogP contribution in [0, 0.1) is 5.82 Å². The zero-order valence-corrected chi connectivity index (χ0v) is 20.8. The van der Waals surface area contributed by atoms with E-state index in [9.17, 15) is 14.0 Å². The van der Waals surface area contributed by atoms with Gasteiger partial charge in [-0.2, -0.15) is 0 Å². The SMILES string of the molecule is O=C(Nc1ccc(F)cc1)Nc1nc(C(=O)N2CCN(C(c3ccccc3)c3ccccc3)CC2)cs1. The molecule has 1 aliphatic heterocycles. The predicted octanol–water partition coefficient (Wildman–Crippen LogP) is 5.47. The van der Waals surface area contributed by atoms with Gasteiger partial charge in [-0.15, -0.1) is 11.3 Å². The summed E-state index contributed by atoms with van der Waals surface area (Å²) in [6.07, 6.45) is 0. The van der Waals surface area contributed by atoms with Crippen molar-refractivity contribution in [3.05, 3.63) is 113 Å². The summed E-state index contributed by atoms with van der Waals surface area (Å²) in [5, 5.41) is 7.20. The number of carbonyl (C=O) groups excluding carboxylic acids is 2. The van der Waals surface area contributed by atoms with Crippen molar-refractivity contribution < 1.29 is 14.0 Å². The Balaban J connectivity index is 1.20. The molecule has 0 saturated carbocycles. The molecule has 1 saturated heterocycles. The molecule has 4 aromatic rings. The highest BCUT2D eigenvalue weighted by molar-refractivity contribution is 7.14. The summed E-state index contributed by atoms with van der Waals surface area (Å²) in [6.45, 7) is 2.63. The molecule has 0 bridgehead atoms. The van der Waals surface area contributed by atoms with Gasteiger partial charge in [0.15, 0.2) is 5.13 Å². The molecule has 0 atom stereocenters. The first-order valence-electron chi connectivity index (χ1n) is 12.0. The number of benzene rings is 3. The van der Waals surface area contributed by atoms with E-state index in [-0.39, 0.29) is 17.8 Å². The summed E-state index contributed by atoms with van der Waals surface area (Å²) in [7, 11) is 0. The minimum Gasteiger partial charge on any atom is -0.335 e. The van der Waals surface area contributed by atoms with Gasteiger partial charge in [0.05, 0.1) is 6.04 Å². The second-order valence-electron chi connectivity index (χ2n) is 8.68. The van der Waals surface area contributed by atoms with E-state index < -0.39 is 6.03 Å². The Morgan fingerprint density at radius 3 is 2.00 bits per heavy atom. The third kappa shape index (κ3) is 6.02. The molecular formula is C28H26FN5O2S. The number of amides is 3. The summed E-state index contributed by atoms with van der Waals surface area (Å²) in [5.74, 6) is -0.538. The fraction of sp³-hybridized carbons (Fsp3) is 0.179. The average Bonchev–Trinajstić information content (AvgIpc) is 3.40. The molecule has 0 spiro atoms. The van der Waals surface area contributed by atoms with Crippen molar-refractivity contribution in [3.63, 3.8) is 0 Å². The quantitative estimate of drug-likeness (QED) is 0.357. The van der Waals surface area contributed by atoms with E-state index in [4.69, 9.17) is 0 Å². The molecule has 188 valence electrons. The third-order valence-electron chi connectivity index (χ3n) is 6.24. The molecular weight excluding hydrogens is 489 g/mol. The maximum absolute atomic E-state index is 13.1. The Bertz CT molecular complexity index is 1300. The predicted molar refractivity (Wildman–Crippen MR) is 143 cm³/mol. The van der Waals surface area contributed by atoms with Gasteiger partial charge in [0.25, 0.3) is 5.91 Å². The largest absolute Gasteiger partial charge is 0.335 e. The van der Waals surface area contributed by atoms with E-state index in [1.54, 1.807) is 10.3 Å². The smallest absolute Gasteiger partial charge is 0.325 e. The van der Waals surface area contributed by atoms with E-state index in [0.717, 1.165) is 13.1 Å². The van der Waals surface area contributed by atoms with Crippen molar-refractivity contribution >= 4 is 34.1 Å². The van der Waals surface area contributed by atoms with Crippen LogP contribution in [0.15, 0.2) is 90.3 Å². The topological polar surface area (TPSA) is 77.6 Å². The minimum absolute atomic E-state index is 0.120. The van der Waals surface area contributed by atoms with Gasteiger partial charge in [-0.3, -0.25) is 15.0 Å². The lowest BCUT2D eigenvalue weighted by Gasteiger charge is -2.39. The van der Waals surface area contributed by atoms with Crippen molar-refractivity contribution in [2.75, 3.05) is 36.8 Å². The number of carbonyl (C=O) groups is 2. The highest BCUT2D eigenvalue weighted by Crippen LogP contribution is 2.30. The third-order valence-corrected chi connectivity index (χ3v) is 7.00. The van der Waals surface area contributed by atoms with E-state index in [1.165, 1.54) is 46.7 Å². The zero-order chi connectivity index (χ0) is 25.6. The van der Waals surface area contributed by atoms with Gasteiger partial charge < -0.3 is 10.2 Å². The lowest BCUT2D eigenvalue weighted by Crippen LogP contribution is -2.50. The van der Waals surface area contributed by atoms with Gasteiger partial charge in [0.1, 0.15) is 11.5 Å². The van der Waals surface area contributed by atoms with Gasteiger partial charge in [-0.05, 0) is 35.4 Å². The Kier molecular flexibility index (Phi) is 7.53. The number of aromatic nitrogens is 1. The maximum Gasteiger partial charge on any atom is 0.325 e. The van der Waals surface area contributed by atoms with Gasteiger partial charge in [0.2, 0.25) is 0 Å². The number of nitrogens with one attached hydrogen (secondary N) is 2. The molecule has 0 unspecified atom stereocenters. The fourth-order valence-corrected chi connectivity index (χ4v) is 5.13. The molecule has 37 heavy (non-hydrogen) atoms. The number of rotatable bonds is 6. The molecule has 7 nitrogen and oxygen atoms in total. The summed E-state index contributed by atoms with van der Waals surface area (Å²) < 4.78 is 13.0. The molecule has 1 aliphatic rings. The number of urea groups is 1. The Hall–Kier alpha value is -4.08. The summed E-state index contributed by atoms with van der Waals surface area (Å²) >= 11 is 1.18. The van der Waals surface area contributed by atoms with Crippen molar-refractivity contribution in [3.8, 4) is 0 Å². The van der Waals surface area contributed by atoms with Crippen LogP contribution >= 0.6 is 11.3 Å². The zero-order valence-electron chi connectivity index (χ0n) is 20.0. The minimum atomic E-state index is -0.513. The standard InChI is InChI=1S/C28H26FN5O2S/c29-22-11-13-23(14-12-22)30-27(36)32-28-31-24(19-37-28)26(35)34-17-15-33(16-18-34)25(20-7-3-1-4-8-20)21-9-5-2-6-10-21/h1-14,19,25H,15-18H2,(H2,30,31,32,36). The molecule has 2 N–H and O–H groups in total. The second kappa shape index (κ2) is 11.3. The van der Waals surface area contributed by atoms with Gasteiger partial charge in [-0.25, -0.2) is 14.2 Å². The highest BCUT2D eigenvalue weighted by Gasteiger charge is 2.29. The second-order valence-corrected chi connectivity index (χ2v) is 9.53. The van der Waals surface area contributed by atoms with E-state index in [2.05, 4.69) is 69.0 Å². The lowest BCUT2D eigenvalue weighted by molar-refractivity contribution is 0.0592. The summed E-state index contributed by atoms with van der Waals surface area (Å²) in [4.78, 5) is 33.9. The fourth-order valence-electron chi connectivity index (χ4n) is 4.45. The molecule has 0 radical (unpaired) electrons. The first kappa shape index (κ1) is 24.6. The number of hydrogen-bond donors (Lipinski definition) is 2. The summed E-state index contributed by atoms with van der Waals surface area (Å²) in [6, 6.07) is 25.9. The van der Waals surface area contributed by atoms with Crippen molar-refractivity contribution in [2.45, 2.75) is 6.04 Å².